The van der Waals surface area contributed by atoms with Crippen LogP contribution >= 0.6 is 0 Å². The number of halogens is 3. The number of benzene rings is 2. The van der Waals surface area contributed by atoms with E-state index in [4.69, 9.17) is 9.60 Å². The van der Waals surface area contributed by atoms with Crippen LogP contribution in [0.4, 0.5) is 13.2 Å². The highest BCUT2D eigenvalue weighted by molar-refractivity contribution is 5.95. The molecule has 9 heteroatoms. The van der Waals surface area contributed by atoms with Crippen molar-refractivity contribution < 1.29 is 47.2 Å². The maximum absolute atomic E-state index is 15.7. The maximum Gasteiger partial charge on any atom is 0.586 e. The highest BCUT2D eigenvalue weighted by atomic mass is 19.3. The van der Waals surface area contributed by atoms with E-state index in [9.17, 15) is 23.8 Å². The lowest BCUT2D eigenvalue weighted by Crippen LogP contribution is -2.26. The first-order valence-electron chi connectivity index (χ1n) is 15.1. The van der Waals surface area contributed by atoms with Gasteiger partial charge in [0.25, 0.3) is 0 Å². The summed E-state index contributed by atoms with van der Waals surface area (Å²) in [6.45, 7) is 1.12. The Morgan fingerprint density at radius 3 is 2.59 bits per heavy atom. The Kier molecular flexibility index (Phi) is 4.33. The van der Waals surface area contributed by atoms with Crippen LogP contribution in [-0.2, 0) is 28.5 Å². The van der Waals surface area contributed by atoms with E-state index in [1.54, 1.807) is 13.8 Å². The Morgan fingerprint density at radius 2 is 1.95 bits per heavy atom. The molecule has 2 aromatic carbocycles. The molecule has 2 heterocycles. The van der Waals surface area contributed by atoms with Gasteiger partial charge in [0.1, 0.15) is 11.6 Å². The Hall–Kier alpha value is -3.04. The van der Waals surface area contributed by atoms with E-state index in [1.165, 1.54) is 12.1 Å². The van der Waals surface area contributed by atoms with Crippen molar-refractivity contribution >= 4 is 16.7 Å². The Balaban J connectivity index is 1.62. The number of hydrogen-bond acceptors (Lipinski definition) is 5. The SMILES string of the molecule is [2H]C1([2H])C([2H])([2H])C1(C(=O)Cc1cc2cc(C(C)(C)CC)n(C([2H])([2H])[C@]([2H])(O)CO)c2cc1F)c1ccc2c(c1)OC(F)(F)O2. The maximum atomic E-state index is 15.7. The van der Waals surface area contributed by atoms with Crippen LogP contribution in [0.25, 0.3) is 10.9 Å². The van der Waals surface area contributed by atoms with Crippen molar-refractivity contribution in [3.63, 3.8) is 0 Å². The fraction of sp³-hybridized carbons (Fsp3) is 0.464. The zero-order valence-electron chi connectivity index (χ0n) is 27.3. The number of aromatic nitrogens is 1. The summed E-state index contributed by atoms with van der Waals surface area (Å²) in [5.74, 6) is -3.04. The molecule has 1 atom stereocenters. The van der Waals surface area contributed by atoms with Gasteiger partial charge in [-0.1, -0.05) is 26.8 Å². The van der Waals surface area contributed by atoms with Crippen molar-refractivity contribution in [3.8, 4) is 11.5 Å². The molecule has 0 bridgehead atoms. The normalized spacial score (nSPS) is 25.0. The lowest BCUT2D eigenvalue weighted by Gasteiger charge is -2.26. The molecule has 0 radical (unpaired) electrons. The van der Waals surface area contributed by atoms with Crippen molar-refractivity contribution in [2.75, 3.05) is 6.61 Å². The number of carbonyl (C=O) groups is 1. The van der Waals surface area contributed by atoms with E-state index in [0.717, 1.165) is 28.8 Å². The van der Waals surface area contributed by atoms with Gasteiger partial charge in [-0.2, -0.15) is 0 Å². The quantitative estimate of drug-likeness (QED) is 0.413. The topological polar surface area (TPSA) is 80.9 Å². The van der Waals surface area contributed by atoms with E-state index in [2.05, 4.69) is 9.47 Å². The van der Waals surface area contributed by atoms with E-state index in [0.29, 0.717) is 6.42 Å². The van der Waals surface area contributed by atoms with Crippen LogP contribution in [0.1, 0.15) is 66.4 Å². The van der Waals surface area contributed by atoms with Gasteiger partial charge in [-0.15, -0.1) is 8.78 Å². The molecule has 1 saturated carbocycles. The Labute approximate surface area is 222 Å². The summed E-state index contributed by atoms with van der Waals surface area (Å²) in [6, 6.07) is 6.60. The van der Waals surface area contributed by atoms with Gasteiger partial charge in [0.05, 0.1) is 34.2 Å². The number of rotatable bonds is 9. The first-order valence-corrected chi connectivity index (χ1v) is 11.6. The molecule has 5 rings (SSSR count). The number of nitrogens with zero attached hydrogens (tertiary/aromatic N) is 1. The van der Waals surface area contributed by atoms with Crippen LogP contribution < -0.4 is 9.47 Å². The van der Waals surface area contributed by atoms with Crippen molar-refractivity contribution in [1.82, 2.24) is 4.57 Å². The monoisotopic (exact) mass is 524 g/mol. The van der Waals surface area contributed by atoms with Crippen LogP contribution in [0.15, 0.2) is 36.4 Å². The second kappa shape index (κ2) is 8.77. The molecule has 1 aliphatic carbocycles. The van der Waals surface area contributed by atoms with Gasteiger partial charge in [0.2, 0.25) is 0 Å². The number of Topliss-reactive ketones (excluding diaryl/α,β-unsaturated/α-hetero) is 1. The predicted octanol–water partition coefficient (Wildman–Crippen LogP) is 4.99. The molecule has 6 nitrogen and oxygen atoms in total. The van der Waals surface area contributed by atoms with Gasteiger partial charge in [-0.05, 0) is 60.6 Å². The fourth-order valence-corrected chi connectivity index (χ4v) is 4.37. The summed E-state index contributed by atoms with van der Waals surface area (Å²) in [4.78, 5) is 13.8. The smallest absolute Gasteiger partial charge is 0.395 e. The first-order chi connectivity index (χ1) is 20.0. The zero-order chi connectivity index (χ0) is 33.1. The van der Waals surface area contributed by atoms with Crippen LogP contribution in [0.5, 0.6) is 11.5 Å². The van der Waals surface area contributed by atoms with Gasteiger partial charge >= 0.3 is 6.29 Å². The van der Waals surface area contributed by atoms with E-state index in [1.807, 2.05) is 6.92 Å². The minimum atomic E-state index is -4.01. The number of ether oxygens (including phenoxy) is 2. The average Bonchev–Trinajstić information content (AvgIpc) is 3.24. The van der Waals surface area contributed by atoms with E-state index in [-0.39, 0.29) is 27.7 Å². The molecule has 3 aromatic rings. The molecule has 1 fully saturated rings. The van der Waals surface area contributed by atoms with Crippen LogP contribution in [0.3, 0.4) is 0 Å². The van der Waals surface area contributed by atoms with Crippen LogP contribution in [0, 0.1) is 5.82 Å². The van der Waals surface area contributed by atoms with E-state index < -0.39 is 78.6 Å². The number of ketones is 1. The summed E-state index contributed by atoms with van der Waals surface area (Å²) in [5.41, 5.74) is -3.71. The van der Waals surface area contributed by atoms with Gasteiger partial charge < -0.3 is 24.3 Å². The number of carbonyl (C=O) groups excluding carboxylic acids is 1. The molecule has 0 spiro atoms. The number of hydrogen-bond donors (Lipinski definition) is 2. The van der Waals surface area contributed by atoms with Crippen molar-refractivity contribution in [3.05, 3.63) is 59.0 Å². The molecule has 2 N–H and O–H groups in total. The zero-order valence-corrected chi connectivity index (χ0v) is 20.3. The van der Waals surface area contributed by atoms with Crippen molar-refractivity contribution in [1.29, 1.82) is 0 Å². The Bertz CT molecular complexity index is 1680. The molecule has 0 saturated heterocycles. The molecule has 37 heavy (non-hydrogen) atoms. The lowest BCUT2D eigenvalue weighted by molar-refractivity contribution is -0.286. The summed E-state index contributed by atoms with van der Waals surface area (Å²) < 4.78 is 111. The molecular formula is C28H30F3NO5. The number of alkyl halides is 2. The average molecular weight is 525 g/mol. The predicted molar refractivity (Wildman–Crippen MR) is 131 cm³/mol. The fourth-order valence-electron chi connectivity index (χ4n) is 4.37. The van der Waals surface area contributed by atoms with Gasteiger partial charge in [0, 0.05) is 28.4 Å². The third-order valence-electron chi connectivity index (χ3n) is 6.92. The molecule has 1 aromatic heterocycles. The number of aliphatic hydroxyl groups is 2. The Morgan fingerprint density at radius 1 is 1.24 bits per heavy atom. The lowest BCUT2D eigenvalue weighted by atomic mass is 9.86. The first kappa shape index (κ1) is 18.3. The molecule has 198 valence electrons. The summed E-state index contributed by atoms with van der Waals surface area (Å²) in [7, 11) is 0. The van der Waals surface area contributed by atoms with Gasteiger partial charge in [0.15, 0.2) is 11.5 Å². The molecule has 0 amide bonds. The third-order valence-corrected chi connectivity index (χ3v) is 6.92. The van der Waals surface area contributed by atoms with E-state index >= 15 is 4.39 Å². The standard InChI is InChI=1S/C28H30F3NO5/c1-4-26(2,3)24-10-17-9-16(20(29)13-21(17)32(24)14-19(34)15-33)11-25(35)27(7-8-27)18-5-6-22-23(12-18)37-28(30,31)36-22/h5-6,9-10,12-13,19,33-34H,4,7-8,11,14-15H2,1-3H3/t19-/m0/s1/i7D2,8D2,14D2,19D. The van der Waals surface area contributed by atoms with Gasteiger partial charge in [-0.3, -0.25) is 4.79 Å². The molecule has 2 aliphatic rings. The largest absolute Gasteiger partial charge is 0.586 e. The van der Waals surface area contributed by atoms with Crippen LogP contribution in [-0.4, -0.2) is 39.5 Å². The third kappa shape index (κ3) is 4.48. The molecular weight excluding hydrogens is 487 g/mol. The molecule has 0 unspecified atom stereocenters. The van der Waals surface area contributed by atoms with Crippen molar-refractivity contribution in [2.24, 2.45) is 0 Å². The van der Waals surface area contributed by atoms with Gasteiger partial charge in [-0.25, -0.2) is 4.39 Å². The van der Waals surface area contributed by atoms with Crippen LogP contribution in [0.2, 0.25) is 0 Å². The summed E-state index contributed by atoms with van der Waals surface area (Å²) in [5, 5.41) is 20.2. The summed E-state index contributed by atoms with van der Waals surface area (Å²) >= 11 is 0. The number of aliphatic hydroxyl groups excluding tert-OH is 1. The second-order valence-electron chi connectivity index (χ2n) is 9.75. The minimum absolute atomic E-state index is 0.0946. The summed E-state index contributed by atoms with van der Waals surface area (Å²) in [6.07, 6.45) is -13.0. The number of fused-ring (bicyclic) bond motifs is 2. The second-order valence-corrected chi connectivity index (χ2v) is 9.75. The highest BCUT2D eigenvalue weighted by Crippen LogP contribution is 2.52. The highest BCUT2D eigenvalue weighted by Gasteiger charge is 2.52. The van der Waals surface area contributed by atoms with Crippen molar-refractivity contribution in [2.45, 2.75) is 76.1 Å². The minimum Gasteiger partial charge on any atom is -0.395 e. The molecule has 1 aliphatic heterocycles.